The van der Waals surface area contributed by atoms with Crippen molar-refractivity contribution in [1.29, 1.82) is 0 Å². The number of nitrogens with zero attached hydrogens (tertiary/aromatic N) is 1. The summed E-state index contributed by atoms with van der Waals surface area (Å²) in [5.74, 6) is -1.14. The van der Waals surface area contributed by atoms with Gasteiger partial charge in [-0.1, -0.05) is 19.8 Å². The Balaban J connectivity index is 2.78. The predicted molar refractivity (Wildman–Crippen MR) is 59.9 cm³/mol. The number of likely N-dealkylation sites (tertiary alicyclic amines) is 1. The maximum Gasteiger partial charge on any atom is 0.326 e. The van der Waals surface area contributed by atoms with Crippen molar-refractivity contribution in [3.63, 3.8) is 0 Å². The minimum Gasteiger partial charge on any atom is -0.480 e. The third-order valence-corrected chi connectivity index (χ3v) is 3.08. The number of nitrogens with two attached hydrogens (primary N) is 1. The smallest absolute Gasteiger partial charge is 0.326 e. The van der Waals surface area contributed by atoms with E-state index in [-0.39, 0.29) is 5.91 Å². The number of hydrogen-bond donors (Lipinski definition) is 2. The number of rotatable bonds is 3. The molecule has 0 radical (unpaired) electrons. The van der Waals surface area contributed by atoms with E-state index in [1.165, 1.54) is 4.90 Å². The van der Waals surface area contributed by atoms with Crippen LogP contribution >= 0.6 is 0 Å². The molecule has 0 aromatic heterocycles. The zero-order valence-corrected chi connectivity index (χ0v) is 9.69. The molecule has 1 saturated heterocycles. The van der Waals surface area contributed by atoms with Crippen molar-refractivity contribution in [1.82, 2.24) is 4.90 Å². The molecule has 0 aliphatic carbocycles. The molecule has 1 amide bonds. The molecular formula is C11H20N2O3. The van der Waals surface area contributed by atoms with Gasteiger partial charge in [-0.15, -0.1) is 0 Å². The zero-order chi connectivity index (χ0) is 12.1. The fraction of sp³-hybridized carbons (Fsp3) is 0.818. The first kappa shape index (κ1) is 13.0. The third kappa shape index (κ3) is 2.95. The number of aliphatic carboxylic acids is 1. The van der Waals surface area contributed by atoms with Gasteiger partial charge < -0.3 is 15.7 Å². The summed E-state index contributed by atoms with van der Waals surface area (Å²) in [6.07, 6.45) is 3.79. The first-order valence-corrected chi connectivity index (χ1v) is 5.86. The molecule has 1 unspecified atom stereocenters. The van der Waals surface area contributed by atoms with Crippen LogP contribution < -0.4 is 5.73 Å². The van der Waals surface area contributed by atoms with Gasteiger partial charge in [0, 0.05) is 6.54 Å². The molecule has 1 fully saturated rings. The van der Waals surface area contributed by atoms with Gasteiger partial charge in [0.05, 0.1) is 6.04 Å². The van der Waals surface area contributed by atoms with E-state index in [1.54, 1.807) is 0 Å². The predicted octanol–water partition coefficient (Wildman–Crippen LogP) is 0.579. The second kappa shape index (κ2) is 5.84. The van der Waals surface area contributed by atoms with Crippen LogP contribution in [0.4, 0.5) is 0 Å². The number of amides is 1. The lowest BCUT2D eigenvalue weighted by atomic mass is 10.1. The monoisotopic (exact) mass is 228 g/mol. The quantitative estimate of drug-likeness (QED) is 0.740. The van der Waals surface area contributed by atoms with Gasteiger partial charge in [0.1, 0.15) is 6.04 Å². The summed E-state index contributed by atoms with van der Waals surface area (Å²) in [4.78, 5) is 24.5. The van der Waals surface area contributed by atoms with Crippen LogP contribution in [-0.2, 0) is 9.59 Å². The number of carboxylic acid groups (broad SMARTS) is 1. The molecule has 0 spiro atoms. The van der Waals surface area contributed by atoms with Gasteiger partial charge in [0.2, 0.25) is 5.91 Å². The largest absolute Gasteiger partial charge is 0.480 e. The highest BCUT2D eigenvalue weighted by molar-refractivity contribution is 5.86. The Morgan fingerprint density at radius 1 is 1.44 bits per heavy atom. The van der Waals surface area contributed by atoms with Gasteiger partial charge in [-0.25, -0.2) is 4.79 Å². The summed E-state index contributed by atoms with van der Waals surface area (Å²) in [5, 5.41) is 9.10. The van der Waals surface area contributed by atoms with Crippen molar-refractivity contribution < 1.29 is 14.7 Å². The van der Waals surface area contributed by atoms with E-state index >= 15 is 0 Å². The van der Waals surface area contributed by atoms with E-state index in [1.807, 2.05) is 6.92 Å². The Kier molecular flexibility index (Phi) is 4.73. The summed E-state index contributed by atoms with van der Waals surface area (Å²) < 4.78 is 0. The van der Waals surface area contributed by atoms with E-state index in [9.17, 15) is 9.59 Å². The Bertz CT molecular complexity index is 268. The van der Waals surface area contributed by atoms with Gasteiger partial charge in [0.15, 0.2) is 0 Å². The van der Waals surface area contributed by atoms with Crippen LogP contribution in [0.25, 0.3) is 0 Å². The van der Waals surface area contributed by atoms with E-state index in [2.05, 4.69) is 0 Å². The summed E-state index contributed by atoms with van der Waals surface area (Å²) >= 11 is 0. The topological polar surface area (TPSA) is 83.6 Å². The van der Waals surface area contributed by atoms with Crippen LogP contribution in [0.1, 0.15) is 39.0 Å². The van der Waals surface area contributed by atoms with Crippen LogP contribution in [0.5, 0.6) is 0 Å². The molecule has 5 nitrogen and oxygen atoms in total. The fourth-order valence-electron chi connectivity index (χ4n) is 2.02. The molecule has 1 heterocycles. The molecule has 0 saturated carbocycles. The molecule has 1 rings (SSSR count). The van der Waals surface area contributed by atoms with E-state index < -0.39 is 18.1 Å². The number of carbonyl (C=O) groups excluding carboxylic acids is 1. The Morgan fingerprint density at radius 2 is 2.12 bits per heavy atom. The molecule has 16 heavy (non-hydrogen) atoms. The second-order valence-electron chi connectivity index (χ2n) is 4.25. The van der Waals surface area contributed by atoms with Crippen LogP contribution in [0.15, 0.2) is 0 Å². The molecule has 1 aliphatic rings. The van der Waals surface area contributed by atoms with Gasteiger partial charge >= 0.3 is 5.97 Å². The van der Waals surface area contributed by atoms with Crippen LogP contribution in [0.2, 0.25) is 0 Å². The minimum absolute atomic E-state index is 0.225. The summed E-state index contributed by atoms with van der Waals surface area (Å²) in [6, 6.07) is -1.26. The van der Waals surface area contributed by atoms with Crippen molar-refractivity contribution in [3.05, 3.63) is 0 Å². The highest BCUT2D eigenvalue weighted by atomic mass is 16.4. The number of carboxylic acids is 1. The molecular weight excluding hydrogens is 208 g/mol. The molecule has 1 aliphatic heterocycles. The number of carbonyl (C=O) groups is 2. The average Bonchev–Trinajstić information content (AvgIpc) is 2.52. The van der Waals surface area contributed by atoms with Crippen molar-refractivity contribution in [2.24, 2.45) is 5.73 Å². The maximum absolute atomic E-state index is 11.9. The van der Waals surface area contributed by atoms with Gasteiger partial charge in [-0.2, -0.15) is 0 Å². The summed E-state index contributed by atoms with van der Waals surface area (Å²) in [5.41, 5.74) is 5.68. The Labute approximate surface area is 95.6 Å². The second-order valence-corrected chi connectivity index (χ2v) is 4.25. The zero-order valence-electron chi connectivity index (χ0n) is 9.69. The molecule has 0 bridgehead atoms. The lowest BCUT2D eigenvalue weighted by Crippen LogP contribution is -2.51. The van der Waals surface area contributed by atoms with Crippen molar-refractivity contribution in [3.8, 4) is 0 Å². The van der Waals surface area contributed by atoms with Gasteiger partial charge in [-0.05, 0) is 19.3 Å². The summed E-state index contributed by atoms with van der Waals surface area (Å²) in [6.45, 7) is 2.35. The van der Waals surface area contributed by atoms with E-state index in [4.69, 9.17) is 10.8 Å². The molecule has 0 aromatic carbocycles. The number of hydrogen-bond acceptors (Lipinski definition) is 3. The van der Waals surface area contributed by atoms with Gasteiger partial charge in [0.25, 0.3) is 0 Å². The maximum atomic E-state index is 11.9. The van der Waals surface area contributed by atoms with Crippen LogP contribution in [0.3, 0.4) is 0 Å². The van der Waals surface area contributed by atoms with Crippen molar-refractivity contribution in [2.75, 3.05) is 6.54 Å². The van der Waals surface area contributed by atoms with Crippen LogP contribution in [-0.4, -0.2) is 40.5 Å². The lowest BCUT2D eigenvalue weighted by Gasteiger charge is -2.29. The highest BCUT2D eigenvalue weighted by Crippen LogP contribution is 2.18. The van der Waals surface area contributed by atoms with Crippen LogP contribution in [0, 0.1) is 0 Å². The Hall–Kier alpha value is -1.10. The van der Waals surface area contributed by atoms with Gasteiger partial charge in [-0.3, -0.25) is 4.79 Å². The molecule has 2 atom stereocenters. The summed E-state index contributed by atoms with van der Waals surface area (Å²) in [7, 11) is 0. The Morgan fingerprint density at radius 3 is 2.69 bits per heavy atom. The lowest BCUT2D eigenvalue weighted by molar-refractivity contribution is -0.150. The standard InChI is InChI=1S/C11H20N2O3/c1-2-8(12)10(14)13-7-5-3-4-6-9(13)11(15)16/h8-9H,2-7,12H2,1H3,(H,15,16)/t8-,9?/m1/s1. The fourth-order valence-corrected chi connectivity index (χ4v) is 2.02. The molecule has 92 valence electrons. The van der Waals surface area contributed by atoms with Crippen molar-refractivity contribution >= 4 is 11.9 Å². The SMILES string of the molecule is CC[C@@H](N)C(=O)N1CCCCCC1C(=O)O. The van der Waals surface area contributed by atoms with Crippen molar-refractivity contribution in [2.45, 2.75) is 51.1 Å². The highest BCUT2D eigenvalue weighted by Gasteiger charge is 2.32. The normalized spacial score (nSPS) is 23.6. The minimum atomic E-state index is -0.918. The molecule has 5 heteroatoms. The first-order valence-electron chi connectivity index (χ1n) is 5.86. The first-order chi connectivity index (χ1) is 7.57. The average molecular weight is 228 g/mol. The molecule has 0 aromatic rings. The van der Waals surface area contributed by atoms with E-state index in [0.717, 1.165) is 19.3 Å². The third-order valence-electron chi connectivity index (χ3n) is 3.08. The van der Waals surface area contributed by atoms with E-state index in [0.29, 0.717) is 19.4 Å². The molecule has 3 N–H and O–H groups in total.